The van der Waals surface area contributed by atoms with E-state index in [1.54, 1.807) is 10.8 Å². The number of nitrogens with zero attached hydrogens (tertiary/aromatic N) is 2. The summed E-state index contributed by atoms with van der Waals surface area (Å²) >= 11 is 6.37. The molecule has 1 amide bonds. The Morgan fingerprint density at radius 1 is 1.21 bits per heavy atom. The zero-order valence-electron chi connectivity index (χ0n) is 17.7. The minimum atomic E-state index is -0.939. The van der Waals surface area contributed by atoms with Crippen LogP contribution in [0.4, 0.5) is 5.69 Å². The number of aromatic nitrogens is 2. The molecule has 1 heterocycles. The second-order valence-electron chi connectivity index (χ2n) is 7.53. The first-order valence-electron chi connectivity index (χ1n) is 9.58. The minimum absolute atomic E-state index is 0.386. The molecule has 1 N–H and O–H groups in total. The summed E-state index contributed by atoms with van der Waals surface area (Å²) in [5.74, 6) is -0.616. The van der Waals surface area contributed by atoms with Crippen LogP contribution in [0.15, 0.2) is 24.3 Å². The first-order valence-corrected chi connectivity index (χ1v) is 9.96. The molecule has 156 valence electrons. The molecule has 0 unspecified atom stereocenters. The summed E-state index contributed by atoms with van der Waals surface area (Å²) in [4.78, 5) is 24.6. The number of para-hydroxylation sites is 1. The highest BCUT2D eigenvalue weighted by atomic mass is 35.5. The Hall–Kier alpha value is -2.60. The zero-order valence-corrected chi connectivity index (χ0v) is 18.5. The molecular formula is C22H28ClN3O3. The van der Waals surface area contributed by atoms with Gasteiger partial charge in [0.2, 0.25) is 0 Å². The monoisotopic (exact) mass is 417 g/mol. The molecule has 1 aromatic heterocycles. The summed E-state index contributed by atoms with van der Waals surface area (Å²) in [6, 6.07) is 5.74. The maximum Gasteiger partial charge on any atom is 0.331 e. The van der Waals surface area contributed by atoms with Gasteiger partial charge in [-0.2, -0.15) is 5.10 Å². The first kappa shape index (κ1) is 22.7. The van der Waals surface area contributed by atoms with E-state index in [1.165, 1.54) is 13.0 Å². The van der Waals surface area contributed by atoms with Gasteiger partial charge in [0.05, 0.1) is 5.69 Å². The van der Waals surface area contributed by atoms with Gasteiger partial charge in [-0.25, -0.2) is 4.79 Å². The Kier molecular flexibility index (Phi) is 7.62. The van der Waals surface area contributed by atoms with Gasteiger partial charge >= 0.3 is 5.97 Å². The van der Waals surface area contributed by atoms with Crippen LogP contribution in [0, 0.1) is 26.7 Å². The number of hydrogen-bond acceptors (Lipinski definition) is 4. The number of ether oxygens (including phenoxy) is 1. The lowest BCUT2D eigenvalue weighted by atomic mass is 10.1. The second kappa shape index (κ2) is 9.74. The number of carbonyl (C=O) groups excluding carboxylic acids is 2. The SMILES string of the molecule is Cc1cccc(C)c1NC(=O)[C@@H](C)OC(=O)/C=C/c1c(C)nn(CC(C)C)c1Cl. The number of aryl methyl sites for hydroxylation is 3. The van der Waals surface area contributed by atoms with Crippen LogP contribution in [-0.4, -0.2) is 27.8 Å². The summed E-state index contributed by atoms with van der Waals surface area (Å²) in [6.45, 7) is 12.0. The third kappa shape index (κ3) is 5.94. The Bertz CT molecular complexity index is 911. The molecular weight excluding hydrogens is 390 g/mol. The van der Waals surface area contributed by atoms with Crippen molar-refractivity contribution in [2.24, 2.45) is 5.92 Å². The van der Waals surface area contributed by atoms with Crippen molar-refractivity contribution in [3.8, 4) is 0 Å². The van der Waals surface area contributed by atoms with E-state index in [-0.39, 0.29) is 5.91 Å². The third-order valence-electron chi connectivity index (χ3n) is 4.43. The number of esters is 1. The van der Waals surface area contributed by atoms with E-state index in [4.69, 9.17) is 16.3 Å². The van der Waals surface area contributed by atoms with Gasteiger partial charge in [-0.05, 0) is 50.8 Å². The van der Waals surface area contributed by atoms with Gasteiger partial charge in [0, 0.05) is 23.9 Å². The Labute approximate surface area is 176 Å². The molecule has 0 spiro atoms. The van der Waals surface area contributed by atoms with Crippen molar-refractivity contribution >= 4 is 35.2 Å². The fourth-order valence-electron chi connectivity index (χ4n) is 2.88. The highest BCUT2D eigenvalue weighted by Crippen LogP contribution is 2.23. The molecule has 0 aliphatic carbocycles. The summed E-state index contributed by atoms with van der Waals surface area (Å²) in [5, 5.41) is 7.69. The standard InChI is InChI=1S/C22H28ClN3O3/c1-13(2)12-26-21(23)18(16(5)25-26)10-11-19(27)29-17(6)22(28)24-20-14(3)8-7-9-15(20)4/h7-11,13,17H,12H2,1-6H3,(H,24,28)/b11-10+/t17-/m1/s1. The van der Waals surface area contributed by atoms with Gasteiger partial charge in [0.25, 0.3) is 5.91 Å². The zero-order chi connectivity index (χ0) is 21.7. The molecule has 7 heteroatoms. The van der Waals surface area contributed by atoms with Crippen molar-refractivity contribution in [2.45, 2.75) is 54.2 Å². The number of carbonyl (C=O) groups is 2. The lowest BCUT2D eigenvalue weighted by Gasteiger charge is -2.15. The predicted molar refractivity (Wildman–Crippen MR) is 116 cm³/mol. The summed E-state index contributed by atoms with van der Waals surface area (Å²) < 4.78 is 6.94. The van der Waals surface area contributed by atoms with Crippen molar-refractivity contribution in [2.75, 3.05) is 5.32 Å². The van der Waals surface area contributed by atoms with Gasteiger partial charge in [-0.1, -0.05) is 43.6 Å². The smallest absolute Gasteiger partial charge is 0.331 e. The Balaban J connectivity index is 2.01. The number of halogens is 1. The molecule has 2 rings (SSSR count). The molecule has 0 radical (unpaired) electrons. The van der Waals surface area contributed by atoms with Crippen LogP contribution in [0.3, 0.4) is 0 Å². The van der Waals surface area contributed by atoms with Crippen molar-refractivity contribution in [1.29, 1.82) is 0 Å². The van der Waals surface area contributed by atoms with Crippen LogP contribution >= 0.6 is 11.6 Å². The van der Waals surface area contributed by atoms with Crippen molar-refractivity contribution in [3.63, 3.8) is 0 Å². The maximum absolute atomic E-state index is 12.4. The average molecular weight is 418 g/mol. The van der Waals surface area contributed by atoms with Crippen molar-refractivity contribution in [1.82, 2.24) is 9.78 Å². The van der Waals surface area contributed by atoms with E-state index < -0.39 is 12.1 Å². The summed E-state index contributed by atoms with van der Waals surface area (Å²) in [5.41, 5.74) is 4.01. The number of rotatable bonds is 7. The number of nitrogens with one attached hydrogen (secondary N) is 1. The minimum Gasteiger partial charge on any atom is -0.449 e. The largest absolute Gasteiger partial charge is 0.449 e. The Morgan fingerprint density at radius 2 is 1.83 bits per heavy atom. The molecule has 2 aromatic rings. The van der Waals surface area contributed by atoms with Crippen LogP contribution in [0.1, 0.15) is 43.2 Å². The molecule has 6 nitrogen and oxygen atoms in total. The average Bonchev–Trinajstić information content (AvgIpc) is 2.88. The lowest BCUT2D eigenvalue weighted by Crippen LogP contribution is -2.30. The van der Waals surface area contributed by atoms with E-state index in [1.807, 2.05) is 39.0 Å². The second-order valence-corrected chi connectivity index (χ2v) is 7.89. The van der Waals surface area contributed by atoms with E-state index in [2.05, 4.69) is 24.3 Å². The normalized spacial score (nSPS) is 12.4. The molecule has 0 aliphatic rings. The van der Waals surface area contributed by atoms with E-state index in [0.717, 1.165) is 22.5 Å². The maximum atomic E-state index is 12.4. The van der Waals surface area contributed by atoms with Crippen LogP contribution in [0.2, 0.25) is 5.15 Å². The van der Waals surface area contributed by atoms with Gasteiger partial charge in [-0.15, -0.1) is 0 Å². The quantitative estimate of drug-likeness (QED) is 0.523. The van der Waals surface area contributed by atoms with Crippen LogP contribution < -0.4 is 5.32 Å². The van der Waals surface area contributed by atoms with Gasteiger partial charge < -0.3 is 10.1 Å². The predicted octanol–water partition coefficient (Wildman–Crippen LogP) is 4.70. The van der Waals surface area contributed by atoms with Crippen LogP contribution in [0.25, 0.3) is 6.08 Å². The lowest BCUT2D eigenvalue weighted by molar-refractivity contribution is -0.148. The molecule has 0 bridgehead atoms. The Morgan fingerprint density at radius 3 is 2.41 bits per heavy atom. The summed E-state index contributed by atoms with van der Waals surface area (Å²) in [7, 11) is 0. The highest BCUT2D eigenvalue weighted by Gasteiger charge is 2.19. The first-order chi connectivity index (χ1) is 13.6. The summed E-state index contributed by atoms with van der Waals surface area (Å²) in [6.07, 6.45) is 1.89. The molecule has 1 aromatic carbocycles. The molecule has 0 fully saturated rings. The number of benzene rings is 1. The topological polar surface area (TPSA) is 73.2 Å². The van der Waals surface area contributed by atoms with Crippen molar-refractivity contribution in [3.05, 3.63) is 51.8 Å². The van der Waals surface area contributed by atoms with Gasteiger partial charge in [0.15, 0.2) is 6.10 Å². The number of anilines is 1. The number of amides is 1. The van der Waals surface area contributed by atoms with Gasteiger partial charge in [0.1, 0.15) is 5.15 Å². The van der Waals surface area contributed by atoms with E-state index in [0.29, 0.717) is 23.2 Å². The molecule has 0 aliphatic heterocycles. The highest BCUT2D eigenvalue weighted by molar-refractivity contribution is 6.31. The molecule has 29 heavy (non-hydrogen) atoms. The van der Waals surface area contributed by atoms with Gasteiger partial charge in [-0.3, -0.25) is 9.48 Å². The molecule has 1 atom stereocenters. The fraction of sp³-hybridized carbons (Fsp3) is 0.409. The fourth-order valence-corrected chi connectivity index (χ4v) is 3.18. The van der Waals surface area contributed by atoms with E-state index in [9.17, 15) is 9.59 Å². The molecule has 0 saturated heterocycles. The van der Waals surface area contributed by atoms with E-state index >= 15 is 0 Å². The van der Waals surface area contributed by atoms with Crippen LogP contribution in [0.5, 0.6) is 0 Å². The third-order valence-corrected chi connectivity index (χ3v) is 4.82. The van der Waals surface area contributed by atoms with Crippen LogP contribution in [-0.2, 0) is 20.9 Å². The molecule has 0 saturated carbocycles. The number of hydrogen-bond donors (Lipinski definition) is 1. The van der Waals surface area contributed by atoms with Crippen molar-refractivity contribution < 1.29 is 14.3 Å².